The fourth-order valence-electron chi connectivity index (χ4n) is 1.21. The highest BCUT2D eigenvalue weighted by atomic mass is 19.1. The maximum Gasteiger partial charge on any atom is 0.338 e. The molecule has 0 aliphatic heterocycles. The zero-order valence-electron chi connectivity index (χ0n) is 9.57. The van der Waals surface area contributed by atoms with Crippen LogP contribution in [0.25, 0.3) is 0 Å². The molecule has 16 heavy (non-hydrogen) atoms. The highest BCUT2D eigenvalue weighted by Gasteiger charge is 2.06. The van der Waals surface area contributed by atoms with E-state index in [-0.39, 0.29) is 5.82 Å². The van der Waals surface area contributed by atoms with E-state index < -0.39 is 5.97 Å². The Bertz CT molecular complexity index is 335. The van der Waals surface area contributed by atoms with Crippen LogP contribution in [0, 0.1) is 5.82 Å². The van der Waals surface area contributed by atoms with Gasteiger partial charge in [0, 0.05) is 6.54 Å². The molecule has 0 bridgehead atoms. The monoisotopic (exact) mass is 225 g/mol. The zero-order valence-corrected chi connectivity index (χ0v) is 9.57. The summed E-state index contributed by atoms with van der Waals surface area (Å²) in [6.07, 6.45) is 0.792. The lowest BCUT2D eigenvalue weighted by atomic mass is 10.2. The number of esters is 1. The number of hydrogen-bond donors (Lipinski definition) is 0. The lowest BCUT2D eigenvalue weighted by molar-refractivity contribution is 0.0493. The first kappa shape index (κ1) is 12.6. The van der Waals surface area contributed by atoms with Crippen molar-refractivity contribution in [2.45, 2.75) is 6.42 Å². The number of rotatable bonds is 5. The van der Waals surface area contributed by atoms with E-state index in [1.165, 1.54) is 24.3 Å². The van der Waals surface area contributed by atoms with Gasteiger partial charge in [0.2, 0.25) is 0 Å². The van der Waals surface area contributed by atoms with Crippen molar-refractivity contribution in [3.05, 3.63) is 35.6 Å². The number of carbonyl (C=O) groups excluding carboxylic acids is 1. The smallest absolute Gasteiger partial charge is 0.338 e. The second-order valence-corrected chi connectivity index (χ2v) is 3.80. The first-order valence-corrected chi connectivity index (χ1v) is 5.17. The van der Waals surface area contributed by atoms with Crippen LogP contribution < -0.4 is 0 Å². The van der Waals surface area contributed by atoms with E-state index in [4.69, 9.17) is 4.74 Å². The van der Waals surface area contributed by atoms with Crippen molar-refractivity contribution in [3.63, 3.8) is 0 Å². The summed E-state index contributed by atoms with van der Waals surface area (Å²) >= 11 is 0. The van der Waals surface area contributed by atoms with Gasteiger partial charge in [0.1, 0.15) is 5.82 Å². The van der Waals surface area contributed by atoms with Crippen molar-refractivity contribution in [1.82, 2.24) is 4.90 Å². The molecule has 0 aliphatic carbocycles. The average Bonchev–Trinajstić information content (AvgIpc) is 2.25. The van der Waals surface area contributed by atoms with Gasteiger partial charge in [-0.25, -0.2) is 9.18 Å². The lowest BCUT2D eigenvalue weighted by Crippen LogP contribution is -2.16. The molecule has 1 aromatic carbocycles. The molecule has 0 spiro atoms. The Kier molecular flexibility index (Phi) is 4.92. The molecule has 0 unspecified atom stereocenters. The normalized spacial score (nSPS) is 10.5. The van der Waals surface area contributed by atoms with Gasteiger partial charge in [0.15, 0.2) is 0 Å². The van der Waals surface area contributed by atoms with Gasteiger partial charge in [-0.1, -0.05) is 0 Å². The minimum absolute atomic E-state index is 0.357. The minimum atomic E-state index is -0.404. The average molecular weight is 225 g/mol. The minimum Gasteiger partial charge on any atom is -0.462 e. The number of carbonyl (C=O) groups is 1. The molecule has 1 aromatic rings. The molecule has 3 nitrogen and oxygen atoms in total. The molecule has 0 aliphatic rings. The van der Waals surface area contributed by atoms with Crippen LogP contribution in [0.15, 0.2) is 24.3 Å². The molecule has 0 amide bonds. The fraction of sp³-hybridized carbons (Fsp3) is 0.417. The van der Waals surface area contributed by atoms with E-state index in [1.807, 2.05) is 19.0 Å². The van der Waals surface area contributed by atoms with Crippen LogP contribution in [-0.4, -0.2) is 38.1 Å². The summed E-state index contributed by atoms with van der Waals surface area (Å²) in [5.41, 5.74) is 0.381. The quantitative estimate of drug-likeness (QED) is 0.566. The summed E-state index contributed by atoms with van der Waals surface area (Å²) < 4.78 is 17.6. The van der Waals surface area contributed by atoms with Crippen LogP contribution in [0.2, 0.25) is 0 Å². The topological polar surface area (TPSA) is 29.5 Å². The third-order valence-corrected chi connectivity index (χ3v) is 2.06. The number of halogens is 1. The molecule has 1 rings (SSSR count). The first-order valence-electron chi connectivity index (χ1n) is 5.17. The molecule has 0 fully saturated rings. The van der Waals surface area contributed by atoms with E-state index in [9.17, 15) is 9.18 Å². The molecular formula is C12H16FNO2. The Hall–Kier alpha value is -1.42. The molecule has 0 radical (unpaired) electrons. The van der Waals surface area contributed by atoms with Crippen LogP contribution in [0.4, 0.5) is 4.39 Å². The van der Waals surface area contributed by atoms with Crippen molar-refractivity contribution in [2.75, 3.05) is 27.2 Å². The number of nitrogens with zero attached hydrogens (tertiary/aromatic N) is 1. The Labute approximate surface area is 94.8 Å². The predicted molar refractivity (Wildman–Crippen MR) is 59.9 cm³/mol. The van der Waals surface area contributed by atoms with Crippen LogP contribution in [0.1, 0.15) is 16.8 Å². The van der Waals surface area contributed by atoms with E-state index >= 15 is 0 Å². The summed E-state index contributed by atoms with van der Waals surface area (Å²) in [5.74, 6) is -0.761. The summed E-state index contributed by atoms with van der Waals surface area (Å²) in [4.78, 5) is 13.5. The maximum absolute atomic E-state index is 12.6. The van der Waals surface area contributed by atoms with Crippen LogP contribution in [-0.2, 0) is 4.74 Å². The summed E-state index contributed by atoms with van der Waals surface area (Å²) in [5, 5.41) is 0. The second kappa shape index (κ2) is 6.23. The Balaban J connectivity index is 2.32. The molecule has 88 valence electrons. The van der Waals surface area contributed by atoms with Gasteiger partial charge >= 0.3 is 5.97 Å². The van der Waals surface area contributed by atoms with E-state index in [2.05, 4.69) is 0 Å². The summed E-state index contributed by atoms with van der Waals surface area (Å²) in [6, 6.07) is 5.33. The molecular weight excluding hydrogens is 209 g/mol. The molecule has 0 saturated heterocycles. The standard InChI is InChI=1S/C12H16FNO2/c1-14(2)8-3-9-16-12(15)10-4-6-11(13)7-5-10/h4-7H,3,8-9H2,1-2H3. The largest absolute Gasteiger partial charge is 0.462 e. The SMILES string of the molecule is CN(C)CCCOC(=O)c1ccc(F)cc1. The van der Waals surface area contributed by atoms with Gasteiger partial charge in [0.25, 0.3) is 0 Å². The van der Waals surface area contributed by atoms with Crippen molar-refractivity contribution >= 4 is 5.97 Å². The fourth-order valence-corrected chi connectivity index (χ4v) is 1.21. The zero-order chi connectivity index (χ0) is 12.0. The summed E-state index contributed by atoms with van der Waals surface area (Å²) in [7, 11) is 3.92. The van der Waals surface area contributed by atoms with E-state index in [1.54, 1.807) is 0 Å². The molecule has 0 saturated carbocycles. The second-order valence-electron chi connectivity index (χ2n) is 3.80. The van der Waals surface area contributed by atoms with Gasteiger partial charge in [-0.2, -0.15) is 0 Å². The van der Waals surface area contributed by atoms with Gasteiger partial charge in [-0.3, -0.25) is 0 Å². The van der Waals surface area contributed by atoms with Crippen LogP contribution in [0.5, 0.6) is 0 Å². The molecule has 0 heterocycles. The highest BCUT2D eigenvalue weighted by molar-refractivity contribution is 5.89. The number of ether oxygens (including phenoxy) is 1. The van der Waals surface area contributed by atoms with Gasteiger partial charge in [-0.05, 0) is 44.8 Å². The molecule has 0 aromatic heterocycles. The Morgan fingerprint density at radius 2 is 1.94 bits per heavy atom. The maximum atomic E-state index is 12.6. The van der Waals surface area contributed by atoms with Gasteiger partial charge in [0.05, 0.1) is 12.2 Å². The third kappa shape index (κ3) is 4.40. The van der Waals surface area contributed by atoms with E-state index in [0.29, 0.717) is 12.2 Å². The van der Waals surface area contributed by atoms with Crippen molar-refractivity contribution in [3.8, 4) is 0 Å². The molecule has 4 heteroatoms. The predicted octanol–water partition coefficient (Wildman–Crippen LogP) is 1.93. The van der Waals surface area contributed by atoms with Crippen LogP contribution in [0.3, 0.4) is 0 Å². The molecule has 0 N–H and O–H groups in total. The summed E-state index contributed by atoms with van der Waals surface area (Å²) in [6.45, 7) is 1.26. The van der Waals surface area contributed by atoms with Gasteiger partial charge in [-0.15, -0.1) is 0 Å². The highest BCUT2D eigenvalue weighted by Crippen LogP contribution is 2.04. The van der Waals surface area contributed by atoms with E-state index in [0.717, 1.165) is 13.0 Å². The third-order valence-electron chi connectivity index (χ3n) is 2.06. The number of benzene rings is 1. The Morgan fingerprint density at radius 1 is 1.31 bits per heavy atom. The first-order chi connectivity index (χ1) is 7.59. The van der Waals surface area contributed by atoms with Crippen LogP contribution >= 0.6 is 0 Å². The van der Waals surface area contributed by atoms with Crippen molar-refractivity contribution < 1.29 is 13.9 Å². The molecule has 0 atom stereocenters. The lowest BCUT2D eigenvalue weighted by Gasteiger charge is -2.09. The Morgan fingerprint density at radius 3 is 2.50 bits per heavy atom. The van der Waals surface area contributed by atoms with Crippen molar-refractivity contribution in [1.29, 1.82) is 0 Å². The van der Waals surface area contributed by atoms with Crippen molar-refractivity contribution in [2.24, 2.45) is 0 Å². The van der Waals surface area contributed by atoms with Gasteiger partial charge < -0.3 is 9.64 Å². The number of hydrogen-bond acceptors (Lipinski definition) is 3.